The van der Waals surface area contributed by atoms with Crippen LogP contribution in [-0.2, 0) is 54.2 Å². The molecule has 1 saturated heterocycles. The Hall–Kier alpha value is -5.94. The van der Waals surface area contributed by atoms with Crippen LogP contribution in [0.3, 0.4) is 0 Å². The van der Waals surface area contributed by atoms with E-state index in [1.807, 2.05) is 0 Å². The fourth-order valence-corrected chi connectivity index (χ4v) is 10.3. The first-order valence-corrected chi connectivity index (χ1v) is 21.1. The maximum Gasteiger partial charge on any atom is 0.408 e. The Balaban J connectivity index is 1.34. The van der Waals surface area contributed by atoms with Crippen molar-refractivity contribution in [2.75, 3.05) is 6.61 Å². The highest BCUT2D eigenvalue weighted by molar-refractivity contribution is 5.95. The maximum absolute atomic E-state index is 15.5. The van der Waals surface area contributed by atoms with Gasteiger partial charge in [0.1, 0.15) is 30.5 Å². The largest absolute Gasteiger partial charge is 0.456 e. The van der Waals surface area contributed by atoms with Gasteiger partial charge < -0.3 is 49.1 Å². The van der Waals surface area contributed by atoms with Gasteiger partial charge in [0.05, 0.1) is 35.6 Å². The van der Waals surface area contributed by atoms with Gasteiger partial charge in [0.25, 0.3) is 0 Å². The molecule has 340 valence electrons. The van der Waals surface area contributed by atoms with E-state index in [1.165, 1.54) is 26.0 Å². The van der Waals surface area contributed by atoms with Crippen LogP contribution < -0.4 is 5.32 Å². The molecule has 16 nitrogen and oxygen atoms in total. The van der Waals surface area contributed by atoms with Crippen LogP contribution in [0, 0.1) is 16.7 Å². The van der Waals surface area contributed by atoms with E-state index in [0.29, 0.717) is 11.1 Å². The lowest BCUT2D eigenvalue weighted by Gasteiger charge is -2.67. The van der Waals surface area contributed by atoms with Gasteiger partial charge in [-0.2, -0.15) is 0 Å². The van der Waals surface area contributed by atoms with Gasteiger partial charge in [-0.15, -0.1) is 0 Å². The lowest BCUT2D eigenvalue weighted by molar-refractivity contribution is -0.346. The maximum atomic E-state index is 15.5. The summed E-state index contributed by atoms with van der Waals surface area (Å²) in [6, 6.07) is 23.4. The molecule has 3 aromatic rings. The third kappa shape index (κ3) is 7.97. The highest BCUT2D eigenvalue weighted by Crippen LogP contribution is 2.64. The topological polar surface area (TPSA) is 231 Å². The first kappa shape index (κ1) is 46.1. The normalized spacial score (nSPS) is 31.2. The van der Waals surface area contributed by atoms with E-state index in [0.717, 1.165) is 13.8 Å². The molecule has 1 amide bonds. The number of esters is 4. The molecule has 16 heteroatoms. The van der Waals surface area contributed by atoms with E-state index in [2.05, 4.69) is 5.32 Å². The zero-order chi connectivity index (χ0) is 46.4. The van der Waals surface area contributed by atoms with Gasteiger partial charge in [-0.1, -0.05) is 92.7 Å². The van der Waals surface area contributed by atoms with Crippen LogP contribution in [0.15, 0.2) is 102 Å². The smallest absolute Gasteiger partial charge is 0.408 e. The summed E-state index contributed by atoms with van der Waals surface area (Å²) in [5, 5.41) is 40.1. The molecular formula is C48H53NO15. The van der Waals surface area contributed by atoms with Crippen LogP contribution in [-0.4, -0.2) is 106 Å². The van der Waals surface area contributed by atoms with Crippen molar-refractivity contribution in [3.63, 3.8) is 0 Å². The van der Waals surface area contributed by atoms with E-state index < -0.39 is 113 Å². The van der Waals surface area contributed by atoms with Crippen molar-refractivity contribution in [2.24, 2.45) is 16.7 Å². The van der Waals surface area contributed by atoms with E-state index in [9.17, 15) is 39.3 Å². The SMILES string of the molecule is CC(=O)O[C@H]1C(=O)[C@@]2(C)[C@H]([C@H](OC(=O)c3ccccc3)[C@]3(O)C[C@H](OC(=O)[C@H](O)[C@@H](NC(=O)OCc4ccccc4)c4ccccc4)C(C)=C1C3(C)C)[C@]1(OC(C)=O)CO[C@@H]1C[C@@H]2O. The molecule has 1 heterocycles. The van der Waals surface area contributed by atoms with Crippen LogP contribution in [0.5, 0.6) is 0 Å². The molecule has 64 heavy (non-hydrogen) atoms. The van der Waals surface area contributed by atoms with Gasteiger partial charge >= 0.3 is 30.0 Å². The molecule has 3 aliphatic carbocycles. The number of ether oxygens (including phenoxy) is 6. The number of nitrogens with one attached hydrogen (secondary N) is 1. The molecule has 7 rings (SSSR count). The fraction of sp³-hybridized carbons (Fsp3) is 0.458. The molecule has 3 fully saturated rings. The Kier molecular flexibility index (Phi) is 12.6. The van der Waals surface area contributed by atoms with Gasteiger partial charge in [-0.25, -0.2) is 14.4 Å². The molecule has 0 radical (unpaired) electrons. The van der Waals surface area contributed by atoms with Gasteiger partial charge in [-0.3, -0.25) is 14.4 Å². The minimum absolute atomic E-state index is 0.0166. The number of carbonyl (C=O) groups is 6. The first-order chi connectivity index (χ1) is 30.3. The summed E-state index contributed by atoms with van der Waals surface area (Å²) in [6.45, 7) is 7.81. The van der Waals surface area contributed by atoms with Crippen LogP contribution in [0.25, 0.3) is 0 Å². The average Bonchev–Trinajstić information content (AvgIpc) is 3.26. The Labute approximate surface area is 369 Å². The predicted octanol–water partition coefficient (Wildman–Crippen LogP) is 4.23. The summed E-state index contributed by atoms with van der Waals surface area (Å²) in [5.41, 5.74) is -6.73. The first-order valence-electron chi connectivity index (χ1n) is 21.1. The van der Waals surface area contributed by atoms with Crippen molar-refractivity contribution in [1.82, 2.24) is 5.32 Å². The van der Waals surface area contributed by atoms with Gasteiger partial charge in [0.15, 0.2) is 23.6 Å². The van der Waals surface area contributed by atoms with Crippen LogP contribution in [0.2, 0.25) is 0 Å². The summed E-state index contributed by atoms with van der Waals surface area (Å²) in [5.74, 6) is -6.33. The number of benzene rings is 3. The molecule has 4 aliphatic rings. The molecule has 0 unspecified atom stereocenters. The molecular weight excluding hydrogens is 831 g/mol. The Bertz CT molecular complexity index is 2320. The summed E-state index contributed by atoms with van der Waals surface area (Å²) in [4.78, 5) is 83.3. The number of aliphatic hydroxyl groups excluding tert-OH is 2. The number of hydrogen-bond donors (Lipinski definition) is 4. The number of carbonyl (C=O) groups excluding carboxylic acids is 6. The predicted molar refractivity (Wildman–Crippen MR) is 224 cm³/mol. The zero-order valence-electron chi connectivity index (χ0n) is 36.3. The highest BCUT2D eigenvalue weighted by Gasteiger charge is 2.78. The van der Waals surface area contributed by atoms with Crippen LogP contribution >= 0.6 is 0 Å². The number of fused-ring (bicyclic) bond motifs is 5. The Morgan fingerprint density at radius 2 is 1.47 bits per heavy atom. The number of alkyl carbamates (subject to hydrolysis) is 1. The zero-order valence-corrected chi connectivity index (χ0v) is 36.3. The highest BCUT2D eigenvalue weighted by atomic mass is 16.6. The van der Waals surface area contributed by atoms with Crippen LogP contribution in [0.1, 0.15) is 81.9 Å². The molecule has 4 N–H and O–H groups in total. The van der Waals surface area contributed by atoms with E-state index in [4.69, 9.17) is 28.4 Å². The summed E-state index contributed by atoms with van der Waals surface area (Å²) >= 11 is 0. The summed E-state index contributed by atoms with van der Waals surface area (Å²) in [6.07, 6.45) is -11.6. The molecule has 0 aromatic heterocycles. The van der Waals surface area contributed by atoms with Gasteiger partial charge in [0.2, 0.25) is 0 Å². The number of hydrogen-bond acceptors (Lipinski definition) is 15. The number of aliphatic hydroxyl groups is 3. The molecule has 3 aromatic carbocycles. The van der Waals surface area contributed by atoms with E-state index in [1.54, 1.807) is 92.7 Å². The van der Waals surface area contributed by atoms with E-state index >= 15 is 4.79 Å². The fourth-order valence-electron chi connectivity index (χ4n) is 10.3. The van der Waals surface area contributed by atoms with Crippen molar-refractivity contribution in [1.29, 1.82) is 0 Å². The van der Waals surface area contributed by atoms with E-state index in [-0.39, 0.29) is 36.3 Å². The number of rotatable bonds is 11. The summed E-state index contributed by atoms with van der Waals surface area (Å²) in [7, 11) is 0. The van der Waals surface area contributed by atoms with Gasteiger partial charge in [-0.05, 0) is 48.3 Å². The quantitative estimate of drug-likeness (QED) is 0.120. The molecule has 1 aliphatic heterocycles. The van der Waals surface area contributed by atoms with Crippen molar-refractivity contribution in [2.45, 2.75) is 115 Å². The van der Waals surface area contributed by atoms with Crippen molar-refractivity contribution in [3.8, 4) is 0 Å². The number of ketones is 1. The molecule has 0 spiro atoms. The standard InChI is InChI=1S/C48H53NO15/c1-26-32(62-43(56)37(53)36(30-18-12-8-13-19-30)49-44(57)59-24-29-16-10-7-11-17-29)23-48(58)41(63-42(55)31-20-14-9-15-21-31)39-46(6,33(52)22-34-47(39,25-60-34)64-28(3)51)40(54)38(61-27(2)50)35(26)45(48,4)5/h7-21,32-34,36-39,41,52-53,58H,22-25H2,1-6H3,(H,49,57)/t32-,33-,34+,36-,37+,38+,39-,41-,46+,47-,48+/m0/s1. The Morgan fingerprint density at radius 1 is 0.859 bits per heavy atom. The molecule has 2 bridgehead atoms. The number of amides is 1. The van der Waals surface area contributed by atoms with Crippen LogP contribution in [0.4, 0.5) is 4.79 Å². The third-order valence-electron chi connectivity index (χ3n) is 13.6. The van der Waals surface area contributed by atoms with Crippen molar-refractivity contribution in [3.05, 3.63) is 119 Å². The number of Topliss-reactive ketones (excluding diaryl/α,β-unsaturated/α-hetero) is 1. The molecule has 2 saturated carbocycles. The van der Waals surface area contributed by atoms with Crippen molar-refractivity contribution < 1.29 is 72.5 Å². The Morgan fingerprint density at radius 3 is 2.05 bits per heavy atom. The second-order valence-electron chi connectivity index (χ2n) is 17.7. The second-order valence-corrected chi connectivity index (χ2v) is 17.7. The second kappa shape index (κ2) is 17.6. The third-order valence-corrected chi connectivity index (χ3v) is 13.6. The molecule has 11 atom stereocenters. The monoisotopic (exact) mass is 883 g/mol. The average molecular weight is 884 g/mol. The lowest BCUT2D eigenvalue weighted by Crippen LogP contribution is -2.82. The lowest BCUT2D eigenvalue weighted by atomic mass is 9.44. The van der Waals surface area contributed by atoms with Gasteiger partial charge in [0, 0.05) is 32.1 Å². The minimum Gasteiger partial charge on any atom is -0.456 e. The minimum atomic E-state index is -2.41. The van der Waals surface area contributed by atoms with Crippen molar-refractivity contribution >= 4 is 35.8 Å². The summed E-state index contributed by atoms with van der Waals surface area (Å²) < 4.78 is 35.7.